The van der Waals surface area contributed by atoms with Crippen molar-refractivity contribution in [3.05, 3.63) is 0 Å². The highest BCUT2D eigenvalue weighted by molar-refractivity contribution is 5.75. The van der Waals surface area contributed by atoms with Crippen molar-refractivity contribution in [1.82, 2.24) is 10.3 Å². The molecule has 88 valence electrons. The molecule has 15 heavy (non-hydrogen) atoms. The van der Waals surface area contributed by atoms with Crippen LogP contribution in [0.3, 0.4) is 0 Å². The second-order valence-electron chi connectivity index (χ2n) is 4.36. The van der Waals surface area contributed by atoms with Crippen LogP contribution in [0.5, 0.6) is 0 Å². The number of likely N-dealkylation sites (tertiary alicyclic amines) is 1. The molecule has 1 unspecified atom stereocenters. The third-order valence-corrected chi connectivity index (χ3v) is 3.33. The van der Waals surface area contributed by atoms with Gasteiger partial charge in [-0.25, -0.2) is 5.84 Å². The second kappa shape index (κ2) is 6.80. The van der Waals surface area contributed by atoms with E-state index in [9.17, 15) is 4.79 Å². The summed E-state index contributed by atoms with van der Waals surface area (Å²) < 4.78 is 0. The van der Waals surface area contributed by atoms with Crippen molar-refractivity contribution in [1.29, 1.82) is 0 Å². The zero-order valence-electron chi connectivity index (χ0n) is 9.67. The fourth-order valence-electron chi connectivity index (χ4n) is 2.19. The Kier molecular flexibility index (Phi) is 5.65. The average Bonchev–Trinajstić information content (AvgIpc) is 2.50. The quantitative estimate of drug-likeness (QED) is 0.414. The van der Waals surface area contributed by atoms with Gasteiger partial charge in [0.1, 0.15) is 0 Å². The van der Waals surface area contributed by atoms with Gasteiger partial charge in [-0.15, -0.1) is 0 Å². The summed E-state index contributed by atoms with van der Waals surface area (Å²) in [5.41, 5.74) is 2.17. The molecule has 4 heteroatoms. The molecule has 0 bridgehead atoms. The zero-order valence-corrected chi connectivity index (χ0v) is 9.67. The van der Waals surface area contributed by atoms with Crippen molar-refractivity contribution < 1.29 is 4.79 Å². The molecule has 0 spiro atoms. The fraction of sp³-hybridized carbons (Fsp3) is 0.909. The van der Waals surface area contributed by atoms with Gasteiger partial charge >= 0.3 is 0 Å². The molecule has 1 aliphatic rings. The minimum Gasteiger partial charge on any atom is -0.303 e. The first-order valence-corrected chi connectivity index (χ1v) is 5.98. The Hall–Kier alpha value is -0.610. The molecule has 1 saturated heterocycles. The van der Waals surface area contributed by atoms with Crippen molar-refractivity contribution in [3.63, 3.8) is 0 Å². The van der Waals surface area contributed by atoms with E-state index in [0.717, 1.165) is 25.6 Å². The molecule has 0 saturated carbocycles. The van der Waals surface area contributed by atoms with Crippen LogP contribution in [-0.4, -0.2) is 30.4 Å². The Bertz CT molecular complexity index is 196. The van der Waals surface area contributed by atoms with Crippen LogP contribution in [0.25, 0.3) is 0 Å². The molecule has 0 radical (unpaired) electrons. The van der Waals surface area contributed by atoms with E-state index in [4.69, 9.17) is 5.84 Å². The van der Waals surface area contributed by atoms with Crippen molar-refractivity contribution in [3.8, 4) is 0 Å². The Labute approximate surface area is 92.2 Å². The minimum atomic E-state index is -0.0636. The van der Waals surface area contributed by atoms with Crippen molar-refractivity contribution in [2.24, 2.45) is 11.8 Å². The lowest BCUT2D eigenvalue weighted by Crippen LogP contribution is -2.34. The molecule has 3 N–H and O–H groups in total. The normalized spacial score (nSPS) is 23.5. The standard InChI is InChI=1S/C11H23N3O/c1-2-10-4-3-7-14(8-5-10)9-6-11(15)13-12/h10H,2-9,12H2,1H3,(H,13,15). The van der Waals surface area contributed by atoms with Gasteiger partial charge in [0.15, 0.2) is 0 Å². The summed E-state index contributed by atoms with van der Waals surface area (Å²) in [5.74, 6) is 5.87. The van der Waals surface area contributed by atoms with Crippen LogP contribution >= 0.6 is 0 Å². The molecule has 1 fully saturated rings. The van der Waals surface area contributed by atoms with E-state index in [1.807, 2.05) is 0 Å². The first-order chi connectivity index (χ1) is 7.26. The molecule has 0 aliphatic carbocycles. The molecule has 0 aromatic rings. The number of carbonyl (C=O) groups is 1. The summed E-state index contributed by atoms with van der Waals surface area (Å²) in [6, 6.07) is 0. The SMILES string of the molecule is CCC1CCCN(CCC(=O)NN)CC1. The van der Waals surface area contributed by atoms with E-state index in [-0.39, 0.29) is 5.91 Å². The van der Waals surface area contributed by atoms with Crippen molar-refractivity contribution in [2.45, 2.75) is 39.0 Å². The maximum absolute atomic E-state index is 11.0. The minimum absolute atomic E-state index is 0.0636. The van der Waals surface area contributed by atoms with Crippen LogP contribution in [0, 0.1) is 5.92 Å². The van der Waals surface area contributed by atoms with Crippen LogP contribution in [0.15, 0.2) is 0 Å². The third-order valence-electron chi connectivity index (χ3n) is 3.33. The van der Waals surface area contributed by atoms with Crippen LogP contribution in [0.2, 0.25) is 0 Å². The van der Waals surface area contributed by atoms with E-state index in [1.165, 1.54) is 25.7 Å². The van der Waals surface area contributed by atoms with Gasteiger partial charge in [0.25, 0.3) is 0 Å². The summed E-state index contributed by atoms with van der Waals surface area (Å²) in [5, 5.41) is 0. The predicted octanol–water partition coefficient (Wildman–Crippen LogP) is 0.879. The van der Waals surface area contributed by atoms with Crippen LogP contribution in [0.4, 0.5) is 0 Å². The Morgan fingerprint density at radius 2 is 2.27 bits per heavy atom. The molecular formula is C11H23N3O. The van der Waals surface area contributed by atoms with Gasteiger partial charge < -0.3 is 4.90 Å². The third kappa shape index (κ3) is 4.62. The highest BCUT2D eigenvalue weighted by Crippen LogP contribution is 2.20. The summed E-state index contributed by atoms with van der Waals surface area (Å²) >= 11 is 0. The molecule has 1 heterocycles. The summed E-state index contributed by atoms with van der Waals surface area (Å²) in [6.45, 7) is 5.38. The summed E-state index contributed by atoms with van der Waals surface area (Å²) in [7, 11) is 0. The summed E-state index contributed by atoms with van der Waals surface area (Å²) in [6.07, 6.45) is 5.70. The molecule has 1 atom stereocenters. The number of nitrogens with two attached hydrogens (primary N) is 1. The maximum Gasteiger partial charge on any atom is 0.235 e. The molecule has 4 nitrogen and oxygen atoms in total. The number of rotatable bonds is 4. The number of amides is 1. The van der Waals surface area contributed by atoms with Gasteiger partial charge in [0, 0.05) is 13.0 Å². The smallest absolute Gasteiger partial charge is 0.235 e. The Morgan fingerprint density at radius 1 is 1.47 bits per heavy atom. The molecule has 1 rings (SSSR count). The monoisotopic (exact) mass is 213 g/mol. The number of nitrogens with zero attached hydrogens (tertiary/aromatic N) is 1. The fourth-order valence-corrected chi connectivity index (χ4v) is 2.19. The highest BCUT2D eigenvalue weighted by Gasteiger charge is 2.15. The molecule has 0 aromatic carbocycles. The number of hydrogen-bond acceptors (Lipinski definition) is 3. The van der Waals surface area contributed by atoms with Gasteiger partial charge in [-0.1, -0.05) is 13.3 Å². The van der Waals surface area contributed by atoms with Crippen molar-refractivity contribution >= 4 is 5.91 Å². The summed E-state index contributed by atoms with van der Waals surface area (Å²) in [4.78, 5) is 13.4. The lowest BCUT2D eigenvalue weighted by atomic mass is 9.98. The van der Waals surface area contributed by atoms with Crippen LogP contribution in [-0.2, 0) is 4.79 Å². The van der Waals surface area contributed by atoms with E-state index in [2.05, 4.69) is 17.2 Å². The van der Waals surface area contributed by atoms with E-state index >= 15 is 0 Å². The van der Waals surface area contributed by atoms with Crippen molar-refractivity contribution in [2.75, 3.05) is 19.6 Å². The lowest BCUT2D eigenvalue weighted by molar-refractivity contribution is -0.121. The van der Waals surface area contributed by atoms with Gasteiger partial charge in [-0.2, -0.15) is 0 Å². The van der Waals surface area contributed by atoms with Crippen LogP contribution in [0.1, 0.15) is 39.0 Å². The van der Waals surface area contributed by atoms with Gasteiger partial charge in [0.2, 0.25) is 5.91 Å². The molecule has 0 aromatic heterocycles. The number of nitrogens with one attached hydrogen (secondary N) is 1. The number of hydrogen-bond donors (Lipinski definition) is 2. The maximum atomic E-state index is 11.0. The Morgan fingerprint density at radius 3 is 2.93 bits per heavy atom. The van der Waals surface area contributed by atoms with Crippen LogP contribution < -0.4 is 11.3 Å². The van der Waals surface area contributed by atoms with Gasteiger partial charge in [0.05, 0.1) is 0 Å². The first kappa shape index (κ1) is 12.5. The van der Waals surface area contributed by atoms with E-state index < -0.39 is 0 Å². The first-order valence-electron chi connectivity index (χ1n) is 5.98. The van der Waals surface area contributed by atoms with Gasteiger partial charge in [-0.05, 0) is 38.3 Å². The lowest BCUT2D eigenvalue weighted by Gasteiger charge is -2.19. The highest BCUT2D eigenvalue weighted by atomic mass is 16.2. The largest absolute Gasteiger partial charge is 0.303 e. The average molecular weight is 213 g/mol. The molecule has 1 amide bonds. The Balaban J connectivity index is 2.22. The molecule has 1 aliphatic heterocycles. The zero-order chi connectivity index (χ0) is 11.1. The van der Waals surface area contributed by atoms with E-state index in [0.29, 0.717) is 6.42 Å². The number of carbonyl (C=O) groups excluding carboxylic acids is 1. The predicted molar refractivity (Wildman–Crippen MR) is 61.0 cm³/mol. The van der Waals surface area contributed by atoms with E-state index in [1.54, 1.807) is 0 Å². The number of hydrazine groups is 1. The second-order valence-corrected chi connectivity index (χ2v) is 4.36. The van der Waals surface area contributed by atoms with Gasteiger partial charge in [-0.3, -0.25) is 10.2 Å². The topological polar surface area (TPSA) is 58.4 Å². The molecular weight excluding hydrogens is 190 g/mol.